The Morgan fingerprint density at radius 1 is 1.18 bits per heavy atom. The van der Waals surface area contributed by atoms with E-state index in [2.05, 4.69) is 5.32 Å². The van der Waals surface area contributed by atoms with Crippen LogP contribution in [0, 0.1) is 13.8 Å². The van der Waals surface area contributed by atoms with Crippen molar-refractivity contribution in [3.05, 3.63) is 73.3 Å². The number of rotatable bonds is 7. The van der Waals surface area contributed by atoms with Gasteiger partial charge in [0, 0.05) is 16.5 Å². The summed E-state index contributed by atoms with van der Waals surface area (Å²) in [5.41, 5.74) is 11.4. The third-order valence-electron chi connectivity index (χ3n) is 7.50. The summed E-state index contributed by atoms with van der Waals surface area (Å²) >= 11 is 0. The van der Waals surface area contributed by atoms with Gasteiger partial charge in [0.25, 0.3) is 5.56 Å². The third-order valence-corrected chi connectivity index (χ3v) is 7.50. The minimum Gasteiger partial charge on any atom is -0.458 e. The molecule has 1 unspecified atom stereocenters. The second-order valence-electron chi connectivity index (χ2n) is 9.93. The predicted octanol–water partition coefficient (Wildman–Crippen LogP) is -0.921. The zero-order chi connectivity index (χ0) is 28.9. The van der Waals surface area contributed by atoms with Gasteiger partial charge in [-0.1, -0.05) is 0 Å². The van der Waals surface area contributed by atoms with Crippen LogP contribution >= 0.6 is 0 Å². The maximum atomic E-state index is 13.5. The van der Waals surface area contributed by atoms with E-state index in [-0.39, 0.29) is 54.3 Å². The number of nitrogens with zero attached hydrogens (tertiary/aromatic N) is 3. The van der Waals surface area contributed by atoms with Gasteiger partial charge in [-0.05, 0) is 48.7 Å². The fourth-order valence-electron chi connectivity index (χ4n) is 5.14. The van der Waals surface area contributed by atoms with Gasteiger partial charge in [-0.2, -0.15) is 0 Å². The number of benzene rings is 1. The molecule has 8 N–H and O–H groups in total. The number of hydrogen-bond acceptors (Lipinski definition) is 11. The Morgan fingerprint density at radius 3 is 2.60 bits per heavy atom. The van der Waals surface area contributed by atoms with Gasteiger partial charge in [0.15, 0.2) is 6.10 Å². The number of nitrogens with two attached hydrogens (primary N) is 2. The highest BCUT2D eigenvalue weighted by atomic mass is 16.5. The summed E-state index contributed by atoms with van der Waals surface area (Å²) in [6.45, 7) is 2.56. The van der Waals surface area contributed by atoms with Crippen molar-refractivity contribution >= 4 is 22.8 Å². The summed E-state index contributed by atoms with van der Waals surface area (Å²) in [4.78, 5) is 42.0. The van der Waals surface area contributed by atoms with Crippen LogP contribution in [0.4, 0.5) is 0 Å². The summed E-state index contributed by atoms with van der Waals surface area (Å²) in [6, 6.07) is 5.53. The molecular weight excluding hydrogens is 520 g/mol. The average Bonchev–Trinajstić information content (AvgIpc) is 3.30. The molecule has 13 heteroatoms. The number of aryl methyl sites for hydroxylation is 2. The van der Waals surface area contributed by atoms with E-state index in [0.29, 0.717) is 22.5 Å². The van der Waals surface area contributed by atoms with Crippen molar-refractivity contribution in [1.29, 1.82) is 0 Å². The smallest absolute Gasteiger partial charge is 0.340 e. The van der Waals surface area contributed by atoms with Crippen molar-refractivity contribution in [1.82, 2.24) is 19.9 Å². The Morgan fingerprint density at radius 2 is 1.90 bits per heavy atom. The Labute approximate surface area is 228 Å². The van der Waals surface area contributed by atoms with E-state index in [4.69, 9.17) is 26.4 Å². The van der Waals surface area contributed by atoms with Crippen LogP contribution in [0.2, 0.25) is 0 Å². The van der Waals surface area contributed by atoms with Gasteiger partial charge >= 0.3 is 5.97 Å². The fourth-order valence-corrected chi connectivity index (χ4v) is 5.14. The third kappa shape index (κ3) is 4.48. The van der Waals surface area contributed by atoms with Gasteiger partial charge in [-0.15, -0.1) is 0 Å². The van der Waals surface area contributed by atoms with Crippen molar-refractivity contribution in [3.8, 4) is 11.4 Å². The monoisotopic (exact) mass is 550 g/mol. The molecule has 2 aliphatic heterocycles. The van der Waals surface area contributed by atoms with E-state index < -0.39 is 31.2 Å². The number of aliphatic hydroxyl groups excluding tert-OH is 3. The summed E-state index contributed by atoms with van der Waals surface area (Å²) < 4.78 is 6.52. The van der Waals surface area contributed by atoms with Crippen LogP contribution in [0.25, 0.3) is 22.3 Å². The SMILES string of the molecule is Cc1cc2nc3c(c(CN(N)/C(CNC(=O)CO)=C(\N)CO)c2cc1C)Cn1c-3cc2c(c1=O)COC(=O)C2O. The zero-order valence-electron chi connectivity index (χ0n) is 22.0. The molecular formula is C27H30N6O7. The number of carbonyl (C=O) groups excluding carboxylic acids is 2. The topological polar surface area (TPSA) is 206 Å². The quantitative estimate of drug-likeness (QED) is 0.0942. The molecule has 0 saturated carbocycles. The Hall–Kier alpha value is -4.30. The predicted molar refractivity (Wildman–Crippen MR) is 143 cm³/mol. The first-order chi connectivity index (χ1) is 19.0. The summed E-state index contributed by atoms with van der Waals surface area (Å²) in [5, 5.41) is 33.8. The second kappa shape index (κ2) is 10.4. The molecule has 0 bridgehead atoms. The first-order valence-corrected chi connectivity index (χ1v) is 12.6. The van der Waals surface area contributed by atoms with Crippen LogP contribution in [-0.4, -0.2) is 61.5 Å². The minimum absolute atomic E-state index is 0.0357. The van der Waals surface area contributed by atoms with Gasteiger partial charge in [-0.3, -0.25) is 9.59 Å². The Kier molecular flexibility index (Phi) is 7.06. The number of esters is 1. The highest BCUT2D eigenvalue weighted by Gasteiger charge is 2.35. The first-order valence-electron chi connectivity index (χ1n) is 12.6. The van der Waals surface area contributed by atoms with Gasteiger partial charge in [0.1, 0.15) is 13.2 Å². The molecule has 2 aromatic heterocycles. The molecule has 0 aliphatic carbocycles. The summed E-state index contributed by atoms with van der Waals surface area (Å²) in [6.07, 6.45) is -1.57. The zero-order valence-corrected chi connectivity index (χ0v) is 22.0. The van der Waals surface area contributed by atoms with Gasteiger partial charge in [0.05, 0.1) is 60.1 Å². The van der Waals surface area contributed by atoms with Crippen LogP contribution in [0.3, 0.4) is 0 Å². The standard InChI is InChI=1S/C27H30N6O7/c1-12-3-14-16(8-33(29)22(19(28)9-34)6-30-23(36)10-35)17-7-32-21(24(17)31-20(14)4-13(12)2)5-15-18(26(32)38)11-40-27(39)25(15)37/h3-5,25,34-35,37H,6-11,28-29H2,1-2H3,(H,30,36)/b22-19-. The van der Waals surface area contributed by atoms with Crippen molar-refractivity contribution < 1.29 is 29.6 Å². The number of carbonyl (C=O) groups is 2. The average molecular weight is 551 g/mol. The molecule has 0 saturated heterocycles. The molecule has 0 radical (unpaired) electrons. The van der Waals surface area contributed by atoms with E-state index in [1.807, 2.05) is 26.0 Å². The van der Waals surface area contributed by atoms with E-state index in [1.165, 1.54) is 9.58 Å². The molecule has 1 aromatic carbocycles. The first kappa shape index (κ1) is 27.3. The molecule has 1 amide bonds. The minimum atomic E-state index is -1.57. The lowest BCUT2D eigenvalue weighted by Crippen LogP contribution is -2.40. The number of amides is 1. The van der Waals surface area contributed by atoms with Gasteiger partial charge in [0.2, 0.25) is 5.91 Å². The number of hydrogen-bond donors (Lipinski definition) is 6. The van der Waals surface area contributed by atoms with Gasteiger partial charge < -0.3 is 40.7 Å². The van der Waals surface area contributed by atoms with Gasteiger partial charge in [-0.25, -0.2) is 15.6 Å². The largest absolute Gasteiger partial charge is 0.458 e. The van der Waals surface area contributed by atoms with E-state index in [9.17, 15) is 24.6 Å². The number of aliphatic hydroxyl groups is 3. The van der Waals surface area contributed by atoms with Crippen LogP contribution in [0.15, 0.2) is 34.4 Å². The normalized spacial score (nSPS) is 16.1. The number of pyridine rings is 2. The van der Waals surface area contributed by atoms with Crippen LogP contribution in [0.1, 0.15) is 39.5 Å². The van der Waals surface area contributed by atoms with Crippen LogP contribution < -0.4 is 22.5 Å². The lowest BCUT2D eigenvalue weighted by Gasteiger charge is -2.26. The molecule has 13 nitrogen and oxygen atoms in total. The molecule has 5 rings (SSSR count). The number of fused-ring (bicyclic) bond motifs is 5. The van der Waals surface area contributed by atoms with E-state index in [0.717, 1.165) is 22.1 Å². The number of ether oxygens (including phenoxy) is 1. The van der Waals surface area contributed by atoms with Crippen LogP contribution in [-0.2, 0) is 34.0 Å². The van der Waals surface area contributed by atoms with E-state index in [1.54, 1.807) is 6.07 Å². The molecule has 0 fully saturated rings. The van der Waals surface area contributed by atoms with Crippen LogP contribution in [0.5, 0.6) is 0 Å². The fraction of sp³-hybridized carbons (Fsp3) is 0.333. The Balaban J connectivity index is 1.67. The molecule has 1 atom stereocenters. The molecule has 0 spiro atoms. The van der Waals surface area contributed by atoms with Crippen molar-refractivity contribution in [2.24, 2.45) is 11.6 Å². The molecule has 4 heterocycles. The van der Waals surface area contributed by atoms with Crippen molar-refractivity contribution in [2.45, 2.75) is 39.6 Å². The lowest BCUT2D eigenvalue weighted by molar-refractivity contribution is -0.157. The highest BCUT2D eigenvalue weighted by Crippen LogP contribution is 2.39. The lowest BCUT2D eigenvalue weighted by atomic mass is 9.96. The molecule has 3 aromatic rings. The number of cyclic esters (lactones) is 1. The number of aromatic nitrogens is 2. The Bertz CT molecular complexity index is 1660. The highest BCUT2D eigenvalue weighted by molar-refractivity contribution is 5.89. The molecule has 2 aliphatic rings. The van der Waals surface area contributed by atoms with Crippen molar-refractivity contribution in [3.63, 3.8) is 0 Å². The maximum Gasteiger partial charge on any atom is 0.340 e. The molecule has 210 valence electrons. The summed E-state index contributed by atoms with van der Waals surface area (Å²) in [7, 11) is 0. The van der Waals surface area contributed by atoms with Crippen molar-refractivity contribution in [2.75, 3.05) is 19.8 Å². The maximum absolute atomic E-state index is 13.5. The summed E-state index contributed by atoms with van der Waals surface area (Å²) in [5.74, 6) is 5.01. The number of nitrogens with one attached hydrogen (secondary N) is 1. The second-order valence-corrected chi connectivity index (χ2v) is 9.93. The molecule has 40 heavy (non-hydrogen) atoms. The number of hydrazine groups is 1. The van der Waals surface area contributed by atoms with E-state index >= 15 is 0 Å².